The van der Waals surface area contributed by atoms with Gasteiger partial charge in [0.05, 0.1) is 0 Å². The molecule has 2 N–H and O–H groups in total. The molecule has 8 heteroatoms. The van der Waals surface area contributed by atoms with Crippen LogP contribution in [0.4, 0.5) is 5.95 Å². The Labute approximate surface area is 112 Å². The maximum absolute atomic E-state index is 11.3. The summed E-state index contributed by atoms with van der Waals surface area (Å²) >= 11 is 0. The van der Waals surface area contributed by atoms with Crippen LogP contribution in [0.25, 0.3) is 0 Å². The summed E-state index contributed by atoms with van der Waals surface area (Å²) in [4.78, 5) is 6.54. The fourth-order valence-electron chi connectivity index (χ4n) is 3.04. The van der Waals surface area contributed by atoms with E-state index in [0.717, 1.165) is 26.1 Å². The number of fused-ring (bicyclic) bond motifs is 1. The Bertz CT molecular complexity index is 555. The fraction of sp³-hybridized carbons (Fsp3) is 0.818. The van der Waals surface area contributed by atoms with Gasteiger partial charge in [-0.05, 0) is 18.8 Å². The molecule has 2 fully saturated rings. The minimum Gasteiger partial charge on any atom is -0.335 e. The molecule has 2 atom stereocenters. The van der Waals surface area contributed by atoms with Crippen LogP contribution in [0.2, 0.25) is 0 Å². The molecule has 0 aromatic carbocycles. The van der Waals surface area contributed by atoms with Gasteiger partial charge in [0.15, 0.2) is 9.84 Å². The van der Waals surface area contributed by atoms with Gasteiger partial charge >= 0.3 is 0 Å². The average molecular weight is 285 g/mol. The van der Waals surface area contributed by atoms with Crippen LogP contribution >= 0.6 is 0 Å². The molecule has 0 spiro atoms. The highest BCUT2D eigenvalue weighted by Gasteiger charge is 2.36. The van der Waals surface area contributed by atoms with E-state index in [1.165, 1.54) is 12.7 Å². The zero-order chi connectivity index (χ0) is 13.5. The Balaban J connectivity index is 1.78. The molecule has 2 aliphatic heterocycles. The maximum Gasteiger partial charge on any atom is 0.245 e. The predicted molar refractivity (Wildman–Crippen MR) is 71.7 cm³/mol. The summed E-state index contributed by atoms with van der Waals surface area (Å²) in [5.74, 6) is 1.63. The summed E-state index contributed by atoms with van der Waals surface area (Å²) in [5, 5.41) is 10.3. The number of piperidine rings is 1. The molecule has 3 rings (SSSR count). The van der Waals surface area contributed by atoms with E-state index in [0.29, 0.717) is 23.7 Å². The highest BCUT2D eigenvalue weighted by atomic mass is 32.2. The molecule has 106 valence electrons. The molecule has 7 nitrogen and oxygen atoms in total. The third kappa shape index (κ3) is 2.74. The molecule has 1 aromatic heterocycles. The van der Waals surface area contributed by atoms with Crippen LogP contribution in [0, 0.1) is 5.92 Å². The normalized spacial score (nSPS) is 27.5. The highest BCUT2D eigenvalue weighted by Crippen LogP contribution is 2.28. The molecule has 1 aromatic rings. The zero-order valence-electron chi connectivity index (χ0n) is 11.0. The molecule has 0 bridgehead atoms. The van der Waals surface area contributed by atoms with Gasteiger partial charge in [0.2, 0.25) is 5.95 Å². The van der Waals surface area contributed by atoms with E-state index < -0.39 is 9.84 Å². The standard InChI is InChI=1S/C11H19N5O2S/c1-19(17,18)7-10-13-11(15-14-10)16-4-2-3-8-5-12-6-9(8)16/h8-9,12H,2-7H2,1H3,(H,13,14,15). The van der Waals surface area contributed by atoms with Crippen molar-refractivity contribution in [1.29, 1.82) is 0 Å². The van der Waals surface area contributed by atoms with Gasteiger partial charge in [-0.2, -0.15) is 4.98 Å². The maximum atomic E-state index is 11.3. The Morgan fingerprint density at radius 1 is 1.42 bits per heavy atom. The van der Waals surface area contributed by atoms with Crippen LogP contribution in [0.3, 0.4) is 0 Å². The summed E-state index contributed by atoms with van der Waals surface area (Å²) < 4.78 is 22.5. The summed E-state index contributed by atoms with van der Waals surface area (Å²) in [6.07, 6.45) is 3.58. The second-order valence-electron chi connectivity index (χ2n) is 5.47. The molecule has 2 unspecified atom stereocenters. The summed E-state index contributed by atoms with van der Waals surface area (Å²) in [6, 6.07) is 0.440. The largest absolute Gasteiger partial charge is 0.335 e. The first-order chi connectivity index (χ1) is 9.03. The number of sulfone groups is 1. The van der Waals surface area contributed by atoms with E-state index in [1.807, 2.05) is 0 Å². The Kier molecular flexibility index (Phi) is 3.22. The number of hydrogen-bond acceptors (Lipinski definition) is 6. The van der Waals surface area contributed by atoms with Gasteiger partial charge in [-0.3, -0.25) is 5.10 Å². The number of aromatic amines is 1. The number of aromatic nitrogens is 3. The van der Waals surface area contributed by atoms with Crippen molar-refractivity contribution in [2.24, 2.45) is 5.92 Å². The Hall–Kier alpha value is -1.15. The Morgan fingerprint density at radius 2 is 2.26 bits per heavy atom. The number of nitrogens with zero attached hydrogens (tertiary/aromatic N) is 3. The SMILES string of the molecule is CS(=O)(=O)Cc1nc(N2CCCC3CNCC32)n[nH]1. The van der Waals surface area contributed by atoms with Crippen LogP contribution in [0.15, 0.2) is 0 Å². The predicted octanol–water partition coefficient (Wildman–Crippen LogP) is -0.462. The number of rotatable bonds is 3. The van der Waals surface area contributed by atoms with E-state index >= 15 is 0 Å². The molecule has 0 aliphatic carbocycles. The summed E-state index contributed by atoms with van der Waals surface area (Å²) in [5.41, 5.74) is 0. The van der Waals surface area contributed by atoms with Gasteiger partial charge in [-0.25, -0.2) is 8.42 Å². The second-order valence-corrected chi connectivity index (χ2v) is 7.61. The molecule has 0 radical (unpaired) electrons. The van der Waals surface area contributed by atoms with Gasteiger partial charge < -0.3 is 10.2 Å². The zero-order valence-corrected chi connectivity index (χ0v) is 11.8. The molecular weight excluding hydrogens is 266 g/mol. The van der Waals surface area contributed by atoms with Crippen LogP contribution in [0.1, 0.15) is 18.7 Å². The third-order valence-electron chi connectivity index (χ3n) is 3.85. The first-order valence-electron chi connectivity index (χ1n) is 6.59. The van der Waals surface area contributed by atoms with Crippen molar-refractivity contribution in [3.8, 4) is 0 Å². The van der Waals surface area contributed by atoms with Gasteiger partial charge in [0.25, 0.3) is 0 Å². The fourth-order valence-corrected chi connectivity index (χ4v) is 3.67. The molecule has 19 heavy (non-hydrogen) atoms. The van der Waals surface area contributed by atoms with Crippen LogP contribution in [-0.4, -0.2) is 55.5 Å². The highest BCUT2D eigenvalue weighted by molar-refractivity contribution is 7.89. The van der Waals surface area contributed by atoms with Gasteiger partial charge in [-0.15, -0.1) is 5.10 Å². The lowest BCUT2D eigenvalue weighted by Gasteiger charge is -2.36. The lowest BCUT2D eigenvalue weighted by Crippen LogP contribution is -2.45. The topological polar surface area (TPSA) is 91.0 Å². The monoisotopic (exact) mass is 285 g/mol. The molecule has 0 saturated carbocycles. The summed E-state index contributed by atoms with van der Waals surface area (Å²) in [7, 11) is -3.08. The van der Waals surface area contributed by atoms with Crippen LogP contribution in [-0.2, 0) is 15.6 Å². The van der Waals surface area contributed by atoms with E-state index in [9.17, 15) is 8.42 Å². The van der Waals surface area contributed by atoms with Crippen molar-refractivity contribution < 1.29 is 8.42 Å². The lowest BCUT2D eigenvalue weighted by molar-refractivity contribution is 0.381. The smallest absolute Gasteiger partial charge is 0.245 e. The molecule has 3 heterocycles. The van der Waals surface area contributed by atoms with Crippen molar-refractivity contribution in [1.82, 2.24) is 20.5 Å². The van der Waals surface area contributed by atoms with Crippen molar-refractivity contribution in [2.45, 2.75) is 24.6 Å². The van der Waals surface area contributed by atoms with E-state index in [2.05, 4.69) is 25.4 Å². The molecule has 2 aliphatic rings. The van der Waals surface area contributed by atoms with Crippen molar-refractivity contribution >= 4 is 15.8 Å². The number of nitrogens with one attached hydrogen (secondary N) is 2. The van der Waals surface area contributed by atoms with Crippen LogP contribution in [0.5, 0.6) is 0 Å². The lowest BCUT2D eigenvalue weighted by atomic mass is 9.92. The van der Waals surface area contributed by atoms with Crippen molar-refractivity contribution in [3.05, 3.63) is 5.82 Å². The first-order valence-corrected chi connectivity index (χ1v) is 8.65. The number of H-pyrrole nitrogens is 1. The molecule has 0 amide bonds. The van der Waals surface area contributed by atoms with E-state index in [1.54, 1.807) is 0 Å². The van der Waals surface area contributed by atoms with E-state index in [-0.39, 0.29) is 5.75 Å². The minimum atomic E-state index is -3.08. The minimum absolute atomic E-state index is 0.0831. The van der Waals surface area contributed by atoms with Gasteiger partial charge in [0, 0.05) is 31.9 Å². The Morgan fingerprint density at radius 3 is 3.05 bits per heavy atom. The second kappa shape index (κ2) is 4.75. The van der Waals surface area contributed by atoms with Crippen molar-refractivity contribution in [3.63, 3.8) is 0 Å². The van der Waals surface area contributed by atoms with E-state index in [4.69, 9.17) is 0 Å². The van der Waals surface area contributed by atoms with Crippen molar-refractivity contribution in [2.75, 3.05) is 30.8 Å². The molecular formula is C11H19N5O2S. The summed E-state index contributed by atoms with van der Waals surface area (Å²) in [6.45, 7) is 2.96. The number of anilines is 1. The average Bonchev–Trinajstić information content (AvgIpc) is 2.94. The molecule has 2 saturated heterocycles. The quantitative estimate of drug-likeness (QED) is 0.781. The third-order valence-corrected chi connectivity index (χ3v) is 4.65. The van der Waals surface area contributed by atoms with Gasteiger partial charge in [0.1, 0.15) is 11.6 Å². The van der Waals surface area contributed by atoms with Crippen LogP contribution < -0.4 is 10.2 Å². The number of hydrogen-bond donors (Lipinski definition) is 2. The van der Waals surface area contributed by atoms with Gasteiger partial charge in [-0.1, -0.05) is 0 Å². The first kappa shape index (κ1) is 12.9.